The smallest absolute Gasteiger partial charge is 0.100 e. The van der Waals surface area contributed by atoms with Crippen molar-refractivity contribution in [2.24, 2.45) is 0 Å². The van der Waals surface area contributed by atoms with Gasteiger partial charge >= 0.3 is 0 Å². The molecule has 14 heavy (non-hydrogen) atoms. The highest BCUT2D eigenvalue weighted by atomic mass is 16.3. The first-order valence-corrected chi connectivity index (χ1v) is 4.83. The van der Waals surface area contributed by atoms with Crippen LogP contribution in [0.25, 0.3) is 0 Å². The van der Waals surface area contributed by atoms with E-state index in [9.17, 15) is 0 Å². The van der Waals surface area contributed by atoms with E-state index in [1.165, 1.54) is 16.7 Å². The molecule has 0 aliphatic heterocycles. The maximum atomic E-state index is 5.27. The van der Waals surface area contributed by atoms with Crippen molar-refractivity contribution in [3.63, 3.8) is 0 Å². The van der Waals surface area contributed by atoms with Crippen molar-refractivity contribution in [3.8, 4) is 0 Å². The lowest BCUT2D eigenvalue weighted by Crippen LogP contribution is -1.85. The fourth-order valence-corrected chi connectivity index (χ4v) is 1.65. The zero-order valence-corrected chi connectivity index (χ0v) is 8.58. The van der Waals surface area contributed by atoms with Crippen LogP contribution in [0.1, 0.15) is 22.5 Å². The summed E-state index contributed by atoms with van der Waals surface area (Å²) in [6.07, 6.45) is 2.79. The molecular weight excluding hydrogens is 172 g/mol. The average Bonchev–Trinajstić information content (AvgIpc) is 2.51. The lowest BCUT2D eigenvalue weighted by atomic mass is 10.1. The van der Waals surface area contributed by atoms with Crippen LogP contribution in [-0.4, -0.2) is 0 Å². The van der Waals surface area contributed by atoms with Gasteiger partial charge in [-0.3, -0.25) is 0 Å². The first kappa shape index (κ1) is 9.07. The number of furan rings is 1. The molecule has 0 fully saturated rings. The van der Waals surface area contributed by atoms with Gasteiger partial charge < -0.3 is 4.42 Å². The van der Waals surface area contributed by atoms with Crippen LogP contribution in [0.5, 0.6) is 0 Å². The molecular formula is C13H14O. The summed E-state index contributed by atoms with van der Waals surface area (Å²) in [6, 6.07) is 10.7. The summed E-state index contributed by atoms with van der Waals surface area (Å²) in [5, 5.41) is 0. The Morgan fingerprint density at radius 2 is 1.93 bits per heavy atom. The summed E-state index contributed by atoms with van der Waals surface area (Å²) >= 11 is 0. The SMILES string of the molecule is Cc1cccc(Cc2coc(C)c2)c1. The minimum atomic E-state index is 0.957. The van der Waals surface area contributed by atoms with Crippen molar-refractivity contribution < 1.29 is 4.42 Å². The zero-order valence-electron chi connectivity index (χ0n) is 8.58. The molecule has 0 bridgehead atoms. The second-order valence-electron chi connectivity index (χ2n) is 3.73. The van der Waals surface area contributed by atoms with Gasteiger partial charge in [-0.1, -0.05) is 29.8 Å². The standard InChI is InChI=1S/C13H14O/c1-10-4-3-5-12(6-10)8-13-7-11(2)14-9-13/h3-7,9H,8H2,1-2H3. The summed E-state index contributed by atoms with van der Waals surface area (Å²) in [6.45, 7) is 4.09. The number of hydrogen-bond donors (Lipinski definition) is 0. The van der Waals surface area contributed by atoms with Crippen LogP contribution in [0, 0.1) is 13.8 Å². The average molecular weight is 186 g/mol. The van der Waals surface area contributed by atoms with Gasteiger partial charge in [0.25, 0.3) is 0 Å². The van der Waals surface area contributed by atoms with E-state index in [0.29, 0.717) is 0 Å². The van der Waals surface area contributed by atoms with Crippen LogP contribution in [0.2, 0.25) is 0 Å². The molecule has 0 aliphatic carbocycles. The molecule has 0 amide bonds. The van der Waals surface area contributed by atoms with Crippen LogP contribution in [0.3, 0.4) is 0 Å². The van der Waals surface area contributed by atoms with Crippen LogP contribution in [-0.2, 0) is 6.42 Å². The van der Waals surface area contributed by atoms with Gasteiger partial charge in [-0.15, -0.1) is 0 Å². The number of aryl methyl sites for hydroxylation is 2. The molecule has 2 aromatic rings. The Labute approximate surface area is 84.4 Å². The number of hydrogen-bond acceptors (Lipinski definition) is 1. The van der Waals surface area contributed by atoms with Gasteiger partial charge in [0, 0.05) is 6.42 Å². The Kier molecular flexibility index (Phi) is 2.40. The molecule has 0 atom stereocenters. The van der Waals surface area contributed by atoms with Gasteiger partial charge in [-0.05, 0) is 31.0 Å². The van der Waals surface area contributed by atoms with E-state index < -0.39 is 0 Å². The van der Waals surface area contributed by atoms with E-state index in [2.05, 4.69) is 37.3 Å². The van der Waals surface area contributed by atoms with Gasteiger partial charge in [0.15, 0.2) is 0 Å². The second-order valence-corrected chi connectivity index (χ2v) is 3.73. The molecule has 0 N–H and O–H groups in total. The van der Waals surface area contributed by atoms with Crippen molar-refractivity contribution in [2.45, 2.75) is 20.3 Å². The van der Waals surface area contributed by atoms with E-state index in [1.807, 2.05) is 13.2 Å². The maximum absolute atomic E-state index is 5.27. The molecule has 1 heteroatoms. The molecule has 2 rings (SSSR count). The quantitative estimate of drug-likeness (QED) is 0.699. The first-order chi connectivity index (χ1) is 6.74. The highest BCUT2D eigenvalue weighted by Crippen LogP contribution is 2.13. The van der Waals surface area contributed by atoms with Gasteiger partial charge in [-0.25, -0.2) is 0 Å². The molecule has 0 aliphatic rings. The van der Waals surface area contributed by atoms with Gasteiger partial charge in [0.1, 0.15) is 5.76 Å². The lowest BCUT2D eigenvalue weighted by Gasteiger charge is -1.99. The fourth-order valence-electron chi connectivity index (χ4n) is 1.65. The summed E-state index contributed by atoms with van der Waals surface area (Å²) in [4.78, 5) is 0. The predicted molar refractivity (Wildman–Crippen MR) is 57.4 cm³/mol. The molecule has 1 nitrogen and oxygen atoms in total. The van der Waals surface area contributed by atoms with E-state index in [1.54, 1.807) is 0 Å². The van der Waals surface area contributed by atoms with Crippen LogP contribution >= 0.6 is 0 Å². The first-order valence-electron chi connectivity index (χ1n) is 4.83. The van der Waals surface area contributed by atoms with Crippen LogP contribution < -0.4 is 0 Å². The number of rotatable bonds is 2. The van der Waals surface area contributed by atoms with Crippen LogP contribution in [0.4, 0.5) is 0 Å². The minimum Gasteiger partial charge on any atom is -0.469 e. The molecule has 0 saturated heterocycles. The molecule has 1 heterocycles. The van der Waals surface area contributed by atoms with Crippen molar-refractivity contribution in [3.05, 3.63) is 59.0 Å². The molecule has 72 valence electrons. The maximum Gasteiger partial charge on any atom is 0.100 e. The fraction of sp³-hybridized carbons (Fsp3) is 0.231. The third kappa shape index (κ3) is 2.05. The van der Waals surface area contributed by atoms with Crippen molar-refractivity contribution in [2.75, 3.05) is 0 Å². The van der Waals surface area contributed by atoms with E-state index >= 15 is 0 Å². The van der Waals surface area contributed by atoms with Gasteiger partial charge in [0.2, 0.25) is 0 Å². The second kappa shape index (κ2) is 3.70. The Morgan fingerprint density at radius 3 is 2.57 bits per heavy atom. The van der Waals surface area contributed by atoms with Gasteiger partial charge in [0.05, 0.1) is 6.26 Å². The Morgan fingerprint density at radius 1 is 1.07 bits per heavy atom. The zero-order chi connectivity index (χ0) is 9.97. The normalized spacial score (nSPS) is 10.4. The summed E-state index contributed by atoms with van der Waals surface area (Å²) in [7, 11) is 0. The van der Waals surface area contributed by atoms with Gasteiger partial charge in [-0.2, -0.15) is 0 Å². The van der Waals surface area contributed by atoms with Crippen molar-refractivity contribution in [1.82, 2.24) is 0 Å². The van der Waals surface area contributed by atoms with E-state index in [0.717, 1.165) is 12.2 Å². The molecule has 1 aromatic carbocycles. The lowest BCUT2D eigenvalue weighted by molar-refractivity contribution is 0.532. The Balaban J connectivity index is 2.18. The molecule has 0 spiro atoms. The molecule has 0 radical (unpaired) electrons. The van der Waals surface area contributed by atoms with E-state index in [-0.39, 0.29) is 0 Å². The molecule has 0 unspecified atom stereocenters. The van der Waals surface area contributed by atoms with E-state index in [4.69, 9.17) is 4.42 Å². The highest BCUT2D eigenvalue weighted by Gasteiger charge is 1.99. The minimum absolute atomic E-state index is 0.957. The predicted octanol–water partition coefficient (Wildman–Crippen LogP) is 3.49. The monoisotopic (exact) mass is 186 g/mol. The largest absolute Gasteiger partial charge is 0.469 e. The summed E-state index contributed by atoms with van der Waals surface area (Å²) in [5.41, 5.74) is 3.89. The van der Waals surface area contributed by atoms with Crippen molar-refractivity contribution >= 4 is 0 Å². The summed E-state index contributed by atoms with van der Waals surface area (Å²) in [5.74, 6) is 0.979. The topological polar surface area (TPSA) is 13.1 Å². The summed E-state index contributed by atoms with van der Waals surface area (Å²) < 4.78 is 5.27. The Bertz CT molecular complexity index is 426. The Hall–Kier alpha value is -1.50. The third-order valence-corrected chi connectivity index (χ3v) is 2.28. The third-order valence-electron chi connectivity index (χ3n) is 2.28. The molecule has 0 saturated carbocycles. The highest BCUT2D eigenvalue weighted by molar-refractivity contribution is 5.28. The number of benzene rings is 1. The van der Waals surface area contributed by atoms with Crippen LogP contribution in [0.15, 0.2) is 41.0 Å². The van der Waals surface area contributed by atoms with Crippen molar-refractivity contribution in [1.29, 1.82) is 0 Å². The molecule has 1 aromatic heterocycles.